The molecule has 0 bridgehead atoms. The second-order valence-corrected chi connectivity index (χ2v) is 8.81. The Bertz CT molecular complexity index is 315. The van der Waals surface area contributed by atoms with Crippen LogP contribution in [0, 0.1) is 16.2 Å². The van der Waals surface area contributed by atoms with Gasteiger partial charge in [0.2, 0.25) is 0 Å². The van der Waals surface area contributed by atoms with Crippen molar-refractivity contribution in [2.24, 2.45) is 16.2 Å². The monoisotopic (exact) mass is 270 g/mol. The summed E-state index contributed by atoms with van der Waals surface area (Å²) in [6, 6.07) is 0. The van der Waals surface area contributed by atoms with Gasteiger partial charge in [-0.25, -0.2) is 0 Å². The van der Waals surface area contributed by atoms with Crippen LogP contribution < -0.4 is 0 Å². The van der Waals surface area contributed by atoms with E-state index in [9.17, 15) is 4.79 Å². The lowest BCUT2D eigenvalue weighted by atomic mass is 9.68. The van der Waals surface area contributed by atoms with Crippen LogP contribution in [-0.4, -0.2) is 11.6 Å². The van der Waals surface area contributed by atoms with Gasteiger partial charge in [-0.1, -0.05) is 48.0 Å². The normalized spacial score (nSPS) is 16.9. The number of carbonyl (C=O) groups excluding carboxylic acids is 1. The lowest BCUT2D eigenvalue weighted by Gasteiger charge is -2.46. The first-order chi connectivity index (χ1) is 8.15. The van der Waals surface area contributed by atoms with Gasteiger partial charge in [0.25, 0.3) is 0 Å². The summed E-state index contributed by atoms with van der Waals surface area (Å²) < 4.78 is 5.97. The molecule has 0 aromatic heterocycles. The molecular weight excluding hydrogens is 236 g/mol. The Balaban J connectivity index is 5.29. The first kappa shape index (κ1) is 18.5. The molecule has 1 unspecified atom stereocenters. The Morgan fingerprint density at radius 3 is 1.58 bits per heavy atom. The fourth-order valence-electron chi connectivity index (χ4n) is 1.85. The van der Waals surface area contributed by atoms with Gasteiger partial charge in [0.1, 0.15) is 5.60 Å². The minimum Gasteiger partial charge on any atom is -0.458 e. The van der Waals surface area contributed by atoms with Gasteiger partial charge in [0, 0.05) is 5.41 Å². The second-order valence-electron chi connectivity index (χ2n) is 8.81. The molecule has 0 aromatic carbocycles. The van der Waals surface area contributed by atoms with Gasteiger partial charge < -0.3 is 4.74 Å². The molecule has 0 heterocycles. The number of rotatable bonds is 4. The molecule has 0 radical (unpaired) electrons. The molecule has 0 aliphatic carbocycles. The topological polar surface area (TPSA) is 26.3 Å². The smallest absolute Gasteiger partial charge is 0.311 e. The molecule has 0 fully saturated rings. The van der Waals surface area contributed by atoms with Crippen molar-refractivity contribution in [2.75, 3.05) is 0 Å². The summed E-state index contributed by atoms with van der Waals surface area (Å²) in [4.78, 5) is 12.3. The fourth-order valence-corrected chi connectivity index (χ4v) is 1.85. The molecule has 0 aliphatic rings. The number of hydrogen-bond acceptors (Lipinski definition) is 2. The van der Waals surface area contributed by atoms with E-state index in [4.69, 9.17) is 4.74 Å². The van der Waals surface area contributed by atoms with Gasteiger partial charge >= 0.3 is 5.97 Å². The van der Waals surface area contributed by atoms with Gasteiger partial charge in [-0.15, -0.1) is 0 Å². The first-order valence-corrected chi connectivity index (χ1v) is 7.38. The maximum atomic E-state index is 12.3. The lowest BCUT2D eigenvalue weighted by Crippen LogP contribution is -2.48. The molecular formula is C17H34O2. The van der Waals surface area contributed by atoms with Gasteiger partial charge in [-0.3, -0.25) is 4.79 Å². The van der Waals surface area contributed by atoms with E-state index >= 15 is 0 Å². The van der Waals surface area contributed by atoms with E-state index in [-0.39, 0.29) is 16.8 Å². The predicted octanol–water partition coefficient (Wildman–Crippen LogP) is 5.21. The highest BCUT2D eigenvalue weighted by Gasteiger charge is 2.45. The minimum atomic E-state index is -0.455. The zero-order valence-corrected chi connectivity index (χ0v) is 14.7. The van der Waals surface area contributed by atoms with Crippen LogP contribution in [0.15, 0.2) is 0 Å². The van der Waals surface area contributed by atoms with Gasteiger partial charge in [0.05, 0.1) is 5.41 Å². The highest BCUT2D eigenvalue weighted by atomic mass is 16.6. The van der Waals surface area contributed by atoms with Crippen LogP contribution in [0.2, 0.25) is 0 Å². The third kappa shape index (κ3) is 5.16. The summed E-state index contributed by atoms with van der Waals surface area (Å²) in [5, 5.41) is 0. The van der Waals surface area contributed by atoms with E-state index in [1.165, 1.54) is 0 Å². The molecule has 0 amide bonds. The molecule has 0 N–H and O–H groups in total. The molecule has 19 heavy (non-hydrogen) atoms. The average Bonchev–Trinajstić information content (AvgIpc) is 2.13. The second kappa shape index (κ2) is 5.46. The van der Waals surface area contributed by atoms with Crippen LogP contribution in [0.5, 0.6) is 0 Å². The standard InChI is InChI=1S/C17H34O2/c1-11-16(8,9)12-17(10,15(5,6)7)19-13(18)14(2,3)4/h11-12H2,1-10H3. The predicted molar refractivity (Wildman–Crippen MR) is 82.1 cm³/mol. The molecule has 0 spiro atoms. The van der Waals surface area contributed by atoms with E-state index in [1.54, 1.807) is 0 Å². The van der Waals surface area contributed by atoms with Gasteiger partial charge in [0.15, 0.2) is 0 Å². The van der Waals surface area contributed by atoms with Crippen molar-refractivity contribution in [3.8, 4) is 0 Å². The zero-order valence-electron chi connectivity index (χ0n) is 14.7. The highest BCUT2D eigenvalue weighted by Crippen LogP contribution is 2.44. The Hall–Kier alpha value is -0.530. The number of ether oxygens (including phenoxy) is 1. The summed E-state index contributed by atoms with van der Waals surface area (Å²) in [6.07, 6.45) is 1.95. The molecule has 114 valence electrons. The van der Waals surface area contributed by atoms with E-state index in [0.717, 1.165) is 12.8 Å². The maximum Gasteiger partial charge on any atom is 0.311 e. The summed E-state index contributed by atoms with van der Waals surface area (Å²) in [6.45, 7) is 20.9. The van der Waals surface area contributed by atoms with Crippen LogP contribution in [0.4, 0.5) is 0 Å². The van der Waals surface area contributed by atoms with E-state index in [0.29, 0.717) is 0 Å². The number of esters is 1. The van der Waals surface area contributed by atoms with Crippen molar-refractivity contribution >= 4 is 5.97 Å². The Morgan fingerprint density at radius 2 is 1.32 bits per heavy atom. The molecule has 0 saturated carbocycles. The minimum absolute atomic E-state index is 0.0830. The van der Waals surface area contributed by atoms with Crippen LogP contribution in [0.3, 0.4) is 0 Å². The molecule has 0 saturated heterocycles. The van der Waals surface area contributed by atoms with Crippen molar-refractivity contribution in [3.63, 3.8) is 0 Å². The van der Waals surface area contributed by atoms with Gasteiger partial charge in [-0.05, 0) is 39.5 Å². The van der Waals surface area contributed by atoms with Crippen LogP contribution in [0.25, 0.3) is 0 Å². The average molecular weight is 270 g/mol. The quantitative estimate of drug-likeness (QED) is 0.656. The van der Waals surface area contributed by atoms with E-state index in [1.807, 2.05) is 20.8 Å². The third-order valence-electron chi connectivity index (χ3n) is 4.29. The third-order valence-corrected chi connectivity index (χ3v) is 4.29. The van der Waals surface area contributed by atoms with Crippen molar-refractivity contribution in [3.05, 3.63) is 0 Å². The summed E-state index contributed by atoms with van der Waals surface area (Å²) in [7, 11) is 0. The molecule has 0 aromatic rings. The van der Waals surface area contributed by atoms with Crippen LogP contribution >= 0.6 is 0 Å². The van der Waals surface area contributed by atoms with Gasteiger partial charge in [-0.2, -0.15) is 0 Å². The van der Waals surface area contributed by atoms with E-state index < -0.39 is 11.0 Å². The van der Waals surface area contributed by atoms with Crippen molar-refractivity contribution in [1.29, 1.82) is 0 Å². The van der Waals surface area contributed by atoms with Crippen LogP contribution in [-0.2, 0) is 9.53 Å². The van der Waals surface area contributed by atoms with E-state index in [2.05, 4.69) is 48.5 Å². The molecule has 0 rings (SSSR count). The Kier molecular flexibility index (Phi) is 5.30. The SMILES string of the molecule is CCC(C)(C)CC(C)(OC(=O)C(C)(C)C)C(C)(C)C. The number of carbonyl (C=O) groups is 1. The number of hydrogen-bond donors (Lipinski definition) is 0. The largest absolute Gasteiger partial charge is 0.458 e. The first-order valence-electron chi connectivity index (χ1n) is 7.38. The van der Waals surface area contributed by atoms with Crippen molar-refractivity contribution < 1.29 is 9.53 Å². The molecule has 2 nitrogen and oxygen atoms in total. The van der Waals surface area contributed by atoms with Crippen LogP contribution in [0.1, 0.15) is 82.1 Å². The Labute approximate surface area is 120 Å². The Morgan fingerprint density at radius 1 is 0.895 bits per heavy atom. The molecule has 2 heteroatoms. The summed E-state index contributed by atoms with van der Waals surface area (Å²) >= 11 is 0. The highest BCUT2D eigenvalue weighted by molar-refractivity contribution is 5.75. The summed E-state index contributed by atoms with van der Waals surface area (Å²) in [5.74, 6) is -0.114. The molecule has 0 aliphatic heterocycles. The summed E-state index contributed by atoms with van der Waals surface area (Å²) in [5.41, 5.74) is -0.819. The fraction of sp³-hybridized carbons (Fsp3) is 0.941. The van der Waals surface area contributed by atoms with Crippen molar-refractivity contribution in [1.82, 2.24) is 0 Å². The van der Waals surface area contributed by atoms with Crippen molar-refractivity contribution in [2.45, 2.75) is 87.7 Å². The molecule has 1 atom stereocenters. The zero-order chi connectivity index (χ0) is 15.7. The lowest BCUT2D eigenvalue weighted by molar-refractivity contribution is -0.185. The maximum absolute atomic E-state index is 12.3.